The SMILES string of the molecule is Cc1nc(-c2ccc(Cl)cc2)n(CC(=O)NCCCc2ccccc2)c(=O)c1CCO. The number of aliphatic hydroxyl groups is 1. The molecule has 0 spiro atoms. The number of hydrogen-bond donors (Lipinski definition) is 2. The van der Waals surface area contributed by atoms with Crippen molar-refractivity contribution in [1.29, 1.82) is 0 Å². The van der Waals surface area contributed by atoms with Gasteiger partial charge in [0.25, 0.3) is 5.56 Å². The Kier molecular flexibility index (Phi) is 7.98. The van der Waals surface area contributed by atoms with E-state index in [1.807, 2.05) is 18.2 Å². The smallest absolute Gasteiger partial charge is 0.257 e. The van der Waals surface area contributed by atoms with Gasteiger partial charge >= 0.3 is 0 Å². The van der Waals surface area contributed by atoms with Gasteiger partial charge in [0, 0.05) is 41.4 Å². The van der Waals surface area contributed by atoms with Crippen molar-refractivity contribution in [3.05, 3.63) is 86.8 Å². The Balaban J connectivity index is 1.77. The van der Waals surface area contributed by atoms with Gasteiger partial charge in [-0.15, -0.1) is 0 Å². The molecule has 0 aliphatic rings. The second-order valence-corrected chi connectivity index (χ2v) is 7.75. The van der Waals surface area contributed by atoms with Gasteiger partial charge in [-0.1, -0.05) is 41.9 Å². The number of aromatic nitrogens is 2. The molecule has 0 unspecified atom stereocenters. The minimum atomic E-state index is -0.314. The monoisotopic (exact) mass is 439 g/mol. The fourth-order valence-corrected chi connectivity index (χ4v) is 3.56. The molecule has 3 aromatic rings. The predicted octanol–water partition coefficient (Wildman–Crippen LogP) is 3.16. The third-order valence-corrected chi connectivity index (χ3v) is 5.29. The first kappa shape index (κ1) is 22.7. The Morgan fingerprint density at radius 1 is 1.10 bits per heavy atom. The summed E-state index contributed by atoms with van der Waals surface area (Å²) in [5, 5.41) is 12.8. The van der Waals surface area contributed by atoms with Crippen LogP contribution in [0, 0.1) is 6.92 Å². The molecule has 7 heteroatoms. The highest BCUT2D eigenvalue weighted by molar-refractivity contribution is 6.30. The second-order valence-electron chi connectivity index (χ2n) is 7.31. The Morgan fingerprint density at radius 2 is 1.81 bits per heavy atom. The summed E-state index contributed by atoms with van der Waals surface area (Å²) in [5.41, 5.74) is 2.55. The minimum Gasteiger partial charge on any atom is -0.396 e. The summed E-state index contributed by atoms with van der Waals surface area (Å²) in [4.78, 5) is 30.3. The maximum absolute atomic E-state index is 13.1. The van der Waals surface area contributed by atoms with Crippen LogP contribution in [0.1, 0.15) is 23.2 Å². The van der Waals surface area contributed by atoms with Crippen molar-refractivity contribution in [1.82, 2.24) is 14.9 Å². The number of carbonyl (C=O) groups is 1. The van der Waals surface area contributed by atoms with Crippen molar-refractivity contribution in [2.45, 2.75) is 32.7 Å². The van der Waals surface area contributed by atoms with Crippen LogP contribution in [0.4, 0.5) is 0 Å². The van der Waals surface area contributed by atoms with Gasteiger partial charge in [-0.25, -0.2) is 4.98 Å². The Morgan fingerprint density at radius 3 is 2.48 bits per heavy atom. The van der Waals surface area contributed by atoms with Crippen LogP contribution in [-0.2, 0) is 24.2 Å². The minimum absolute atomic E-state index is 0.145. The maximum atomic E-state index is 13.1. The lowest BCUT2D eigenvalue weighted by atomic mass is 10.1. The quantitative estimate of drug-likeness (QED) is 0.501. The van der Waals surface area contributed by atoms with Crippen molar-refractivity contribution in [2.24, 2.45) is 0 Å². The van der Waals surface area contributed by atoms with E-state index in [-0.39, 0.29) is 31.0 Å². The van der Waals surface area contributed by atoms with Crippen molar-refractivity contribution >= 4 is 17.5 Å². The van der Waals surface area contributed by atoms with Gasteiger partial charge in [0.05, 0.1) is 0 Å². The molecule has 0 bridgehead atoms. The van der Waals surface area contributed by atoms with Gasteiger partial charge in [-0.2, -0.15) is 0 Å². The summed E-state index contributed by atoms with van der Waals surface area (Å²) in [5.74, 6) is 0.145. The van der Waals surface area contributed by atoms with Crippen LogP contribution < -0.4 is 10.9 Å². The Bertz CT molecular complexity index is 1080. The van der Waals surface area contributed by atoms with Crippen molar-refractivity contribution in [3.8, 4) is 11.4 Å². The van der Waals surface area contributed by atoms with E-state index in [0.717, 1.165) is 12.8 Å². The highest BCUT2D eigenvalue weighted by Crippen LogP contribution is 2.20. The summed E-state index contributed by atoms with van der Waals surface area (Å²) in [7, 11) is 0. The molecular weight excluding hydrogens is 414 g/mol. The molecule has 1 aromatic heterocycles. The molecule has 1 amide bonds. The van der Waals surface area contributed by atoms with E-state index in [4.69, 9.17) is 11.6 Å². The molecule has 1 heterocycles. The van der Waals surface area contributed by atoms with Gasteiger partial charge in [-0.3, -0.25) is 14.2 Å². The molecule has 0 aliphatic carbocycles. The van der Waals surface area contributed by atoms with E-state index in [1.54, 1.807) is 31.2 Å². The normalized spacial score (nSPS) is 10.8. The number of hydrogen-bond acceptors (Lipinski definition) is 4. The number of aryl methyl sites for hydroxylation is 2. The molecule has 0 saturated carbocycles. The number of nitrogens with one attached hydrogen (secondary N) is 1. The third kappa shape index (κ3) is 6.03. The van der Waals surface area contributed by atoms with E-state index in [1.165, 1.54) is 10.1 Å². The topological polar surface area (TPSA) is 84.2 Å². The van der Waals surface area contributed by atoms with Crippen LogP contribution in [0.2, 0.25) is 5.02 Å². The van der Waals surface area contributed by atoms with E-state index >= 15 is 0 Å². The third-order valence-electron chi connectivity index (χ3n) is 5.04. The number of carbonyl (C=O) groups excluding carboxylic acids is 1. The van der Waals surface area contributed by atoms with E-state index in [0.29, 0.717) is 34.2 Å². The molecule has 0 fully saturated rings. The Labute approximate surface area is 186 Å². The van der Waals surface area contributed by atoms with Gasteiger partial charge in [0.2, 0.25) is 5.91 Å². The lowest BCUT2D eigenvalue weighted by molar-refractivity contribution is -0.121. The summed E-state index contributed by atoms with van der Waals surface area (Å²) in [6.07, 6.45) is 1.86. The number of amides is 1. The maximum Gasteiger partial charge on any atom is 0.257 e. The van der Waals surface area contributed by atoms with Crippen molar-refractivity contribution < 1.29 is 9.90 Å². The molecule has 2 N–H and O–H groups in total. The number of nitrogens with zero attached hydrogens (tertiary/aromatic N) is 2. The molecule has 0 saturated heterocycles. The molecule has 0 aliphatic heterocycles. The van der Waals surface area contributed by atoms with Crippen LogP contribution in [0.15, 0.2) is 59.4 Å². The zero-order valence-corrected chi connectivity index (χ0v) is 18.2. The second kappa shape index (κ2) is 10.9. The number of rotatable bonds is 9. The molecule has 6 nitrogen and oxygen atoms in total. The average Bonchev–Trinajstić information content (AvgIpc) is 2.77. The van der Waals surface area contributed by atoms with Crippen molar-refractivity contribution in [3.63, 3.8) is 0 Å². The average molecular weight is 440 g/mol. The summed E-state index contributed by atoms with van der Waals surface area (Å²) < 4.78 is 1.37. The number of benzene rings is 2. The first-order valence-electron chi connectivity index (χ1n) is 10.3. The fraction of sp³-hybridized carbons (Fsp3) is 0.292. The first-order valence-corrected chi connectivity index (χ1v) is 10.6. The summed E-state index contributed by atoms with van der Waals surface area (Å²) in [6, 6.07) is 17.0. The highest BCUT2D eigenvalue weighted by Gasteiger charge is 2.17. The van der Waals surface area contributed by atoms with E-state index < -0.39 is 0 Å². The molecule has 162 valence electrons. The molecule has 3 rings (SSSR count). The highest BCUT2D eigenvalue weighted by atomic mass is 35.5. The van der Waals surface area contributed by atoms with Crippen LogP contribution in [0.5, 0.6) is 0 Å². The van der Waals surface area contributed by atoms with Gasteiger partial charge in [-0.05, 0) is 49.6 Å². The van der Waals surface area contributed by atoms with Crippen LogP contribution >= 0.6 is 11.6 Å². The summed E-state index contributed by atoms with van der Waals surface area (Å²) >= 11 is 5.99. The van der Waals surface area contributed by atoms with Crippen LogP contribution in [0.25, 0.3) is 11.4 Å². The van der Waals surface area contributed by atoms with E-state index in [2.05, 4.69) is 22.4 Å². The lowest BCUT2D eigenvalue weighted by Gasteiger charge is -2.16. The lowest BCUT2D eigenvalue weighted by Crippen LogP contribution is -2.36. The van der Waals surface area contributed by atoms with Crippen LogP contribution in [0.3, 0.4) is 0 Å². The van der Waals surface area contributed by atoms with Crippen LogP contribution in [-0.4, -0.2) is 33.7 Å². The molecule has 31 heavy (non-hydrogen) atoms. The van der Waals surface area contributed by atoms with Gasteiger partial charge in [0.1, 0.15) is 12.4 Å². The molecule has 0 atom stereocenters. The first-order chi connectivity index (χ1) is 15.0. The largest absolute Gasteiger partial charge is 0.396 e. The zero-order chi connectivity index (χ0) is 22.2. The molecule has 0 radical (unpaired) electrons. The fourth-order valence-electron chi connectivity index (χ4n) is 3.43. The predicted molar refractivity (Wildman–Crippen MR) is 122 cm³/mol. The molecular formula is C24H26ClN3O3. The Hall–Kier alpha value is -2.96. The summed E-state index contributed by atoms with van der Waals surface area (Å²) in [6.45, 7) is 1.94. The van der Waals surface area contributed by atoms with Gasteiger partial charge in [0.15, 0.2) is 0 Å². The zero-order valence-electron chi connectivity index (χ0n) is 17.5. The van der Waals surface area contributed by atoms with E-state index in [9.17, 15) is 14.7 Å². The number of aliphatic hydroxyl groups excluding tert-OH is 1. The van der Waals surface area contributed by atoms with Gasteiger partial charge < -0.3 is 10.4 Å². The molecule has 2 aromatic carbocycles. The number of halogens is 1. The van der Waals surface area contributed by atoms with Crippen molar-refractivity contribution in [2.75, 3.05) is 13.2 Å². The standard InChI is InChI=1S/C24H26ClN3O3/c1-17-21(13-15-29)24(31)28(23(27-17)19-9-11-20(25)12-10-19)16-22(30)26-14-5-8-18-6-3-2-4-7-18/h2-4,6-7,9-12,29H,5,8,13-16H2,1H3,(H,26,30).